The van der Waals surface area contributed by atoms with Crippen molar-refractivity contribution in [2.45, 2.75) is 13.5 Å². The van der Waals surface area contributed by atoms with Crippen LogP contribution >= 0.6 is 0 Å². The molecule has 1 N–H and O–H groups in total. The third-order valence-electron chi connectivity index (χ3n) is 4.87. The van der Waals surface area contributed by atoms with E-state index in [-0.39, 0.29) is 23.4 Å². The Labute approximate surface area is 172 Å². The van der Waals surface area contributed by atoms with Crippen LogP contribution in [0.4, 0.5) is 14.5 Å². The van der Waals surface area contributed by atoms with Crippen molar-refractivity contribution in [2.24, 2.45) is 0 Å². The molecule has 0 unspecified atom stereocenters. The molecular formula is C24H18F2N2O2. The van der Waals surface area contributed by atoms with Gasteiger partial charge in [-0.3, -0.25) is 14.5 Å². The maximum Gasteiger partial charge on any atom is 0.278 e. The summed E-state index contributed by atoms with van der Waals surface area (Å²) in [6.07, 6.45) is 0. The Bertz CT molecular complexity index is 1170. The molecule has 0 aliphatic carbocycles. The Morgan fingerprint density at radius 3 is 2.30 bits per heavy atom. The van der Waals surface area contributed by atoms with Crippen molar-refractivity contribution in [1.29, 1.82) is 0 Å². The second-order valence-corrected chi connectivity index (χ2v) is 7.04. The van der Waals surface area contributed by atoms with Gasteiger partial charge < -0.3 is 5.32 Å². The number of halogens is 2. The van der Waals surface area contributed by atoms with E-state index in [0.717, 1.165) is 10.5 Å². The van der Waals surface area contributed by atoms with Crippen molar-refractivity contribution in [3.8, 4) is 0 Å². The molecule has 1 aliphatic heterocycles. The molecule has 150 valence electrons. The van der Waals surface area contributed by atoms with Gasteiger partial charge in [0.25, 0.3) is 11.8 Å². The zero-order valence-corrected chi connectivity index (χ0v) is 16.2. The van der Waals surface area contributed by atoms with Crippen LogP contribution in [0, 0.1) is 18.6 Å². The van der Waals surface area contributed by atoms with Gasteiger partial charge in [-0.05, 0) is 48.4 Å². The molecule has 1 aliphatic rings. The molecule has 0 bridgehead atoms. The van der Waals surface area contributed by atoms with Crippen LogP contribution in [0.5, 0.6) is 0 Å². The van der Waals surface area contributed by atoms with Crippen LogP contribution in [-0.4, -0.2) is 16.7 Å². The Morgan fingerprint density at radius 1 is 0.867 bits per heavy atom. The predicted molar refractivity (Wildman–Crippen MR) is 110 cm³/mol. The standard InChI is InChI=1S/C24H18F2N2O2/c1-15-5-4-7-19(13-15)27-22-21(16-9-11-18(25)12-10-16)23(29)28(24(22)30)14-17-6-2-3-8-20(17)26/h2-13,27H,14H2,1H3. The fraction of sp³-hybridized carbons (Fsp3) is 0.0833. The zero-order chi connectivity index (χ0) is 21.3. The number of aryl methyl sites for hydroxylation is 1. The molecule has 4 nitrogen and oxygen atoms in total. The van der Waals surface area contributed by atoms with Crippen LogP contribution in [0.15, 0.2) is 78.5 Å². The summed E-state index contributed by atoms with van der Waals surface area (Å²) in [6, 6.07) is 18.7. The highest BCUT2D eigenvalue weighted by molar-refractivity contribution is 6.36. The first-order chi connectivity index (χ1) is 14.4. The SMILES string of the molecule is Cc1cccc(NC2=C(c3ccc(F)cc3)C(=O)N(Cc3ccccc3F)C2=O)c1. The number of hydrogen-bond donors (Lipinski definition) is 1. The van der Waals surface area contributed by atoms with E-state index in [9.17, 15) is 18.4 Å². The van der Waals surface area contributed by atoms with Gasteiger partial charge in [-0.2, -0.15) is 0 Å². The van der Waals surface area contributed by atoms with Crippen LogP contribution in [-0.2, 0) is 16.1 Å². The summed E-state index contributed by atoms with van der Waals surface area (Å²) >= 11 is 0. The quantitative estimate of drug-likeness (QED) is 0.629. The Morgan fingerprint density at radius 2 is 1.60 bits per heavy atom. The number of anilines is 1. The zero-order valence-electron chi connectivity index (χ0n) is 16.2. The fourth-order valence-electron chi connectivity index (χ4n) is 3.38. The van der Waals surface area contributed by atoms with Gasteiger partial charge in [0.15, 0.2) is 0 Å². The number of hydrogen-bond acceptors (Lipinski definition) is 3. The Kier molecular flexibility index (Phi) is 5.14. The van der Waals surface area contributed by atoms with E-state index in [0.29, 0.717) is 11.3 Å². The van der Waals surface area contributed by atoms with Crippen molar-refractivity contribution in [3.63, 3.8) is 0 Å². The van der Waals surface area contributed by atoms with Crippen LogP contribution in [0.3, 0.4) is 0 Å². The maximum absolute atomic E-state index is 14.1. The van der Waals surface area contributed by atoms with Gasteiger partial charge in [0.1, 0.15) is 17.3 Å². The van der Waals surface area contributed by atoms with Crippen molar-refractivity contribution < 1.29 is 18.4 Å². The van der Waals surface area contributed by atoms with Crippen molar-refractivity contribution in [2.75, 3.05) is 5.32 Å². The first kappa shape index (κ1) is 19.5. The highest BCUT2D eigenvalue weighted by Crippen LogP contribution is 2.32. The number of amides is 2. The molecule has 4 rings (SSSR count). The lowest BCUT2D eigenvalue weighted by Gasteiger charge is -2.16. The Balaban J connectivity index is 1.76. The minimum Gasteiger partial charge on any atom is -0.350 e. The van der Waals surface area contributed by atoms with Gasteiger partial charge in [0, 0.05) is 11.3 Å². The van der Waals surface area contributed by atoms with Gasteiger partial charge in [-0.25, -0.2) is 8.78 Å². The smallest absolute Gasteiger partial charge is 0.278 e. The molecule has 30 heavy (non-hydrogen) atoms. The van der Waals surface area contributed by atoms with E-state index in [2.05, 4.69) is 5.32 Å². The molecular weight excluding hydrogens is 386 g/mol. The van der Waals surface area contributed by atoms with Gasteiger partial charge in [-0.1, -0.05) is 42.5 Å². The first-order valence-electron chi connectivity index (χ1n) is 9.37. The minimum absolute atomic E-state index is 0.0774. The van der Waals surface area contributed by atoms with E-state index in [1.807, 2.05) is 25.1 Å². The molecule has 1 heterocycles. The molecule has 3 aromatic rings. The summed E-state index contributed by atoms with van der Waals surface area (Å²) in [5.41, 5.74) is 2.45. The van der Waals surface area contributed by atoms with Gasteiger partial charge in [0.2, 0.25) is 0 Å². The molecule has 0 radical (unpaired) electrons. The van der Waals surface area contributed by atoms with Crippen molar-refractivity contribution in [1.82, 2.24) is 4.90 Å². The normalized spacial score (nSPS) is 13.9. The lowest BCUT2D eigenvalue weighted by Crippen LogP contribution is -2.32. The maximum atomic E-state index is 14.1. The molecule has 0 spiro atoms. The third kappa shape index (κ3) is 3.72. The second kappa shape index (κ2) is 7.91. The minimum atomic E-state index is -0.566. The molecule has 2 amide bonds. The van der Waals surface area contributed by atoms with Gasteiger partial charge in [-0.15, -0.1) is 0 Å². The molecule has 0 saturated heterocycles. The van der Waals surface area contributed by atoms with Crippen LogP contribution < -0.4 is 5.32 Å². The summed E-state index contributed by atoms with van der Waals surface area (Å²) in [7, 11) is 0. The largest absolute Gasteiger partial charge is 0.350 e. The van der Waals surface area contributed by atoms with Crippen LogP contribution in [0.25, 0.3) is 5.57 Å². The summed E-state index contributed by atoms with van der Waals surface area (Å²) < 4.78 is 27.5. The lowest BCUT2D eigenvalue weighted by molar-refractivity contribution is -0.137. The number of carbonyl (C=O) groups excluding carboxylic acids is 2. The highest BCUT2D eigenvalue weighted by atomic mass is 19.1. The Hall–Kier alpha value is -3.80. The van der Waals surface area contributed by atoms with Crippen LogP contribution in [0.2, 0.25) is 0 Å². The second-order valence-electron chi connectivity index (χ2n) is 7.04. The van der Waals surface area contributed by atoms with E-state index in [4.69, 9.17) is 0 Å². The van der Waals surface area contributed by atoms with E-state index in [1.165, 1.54) is 36.4 Å². The average molecular weight is 404 g/mol. The molecule has 3 aromatic carbocycles. The van der Waals surface area contributed by atoms with Crippen LogP contribution in [0.1, 0.15) is 16.7 Å². The number of nitrogens with one attached hydrogen (secondary N) is 1. The molecule has 0 fully saturated rings. The summed E-state index contributed by atoms with van der Waals surface area (Å²) in [5, 5.41) is 3.04. The lowest BCUT2D eigenvalue weighted by atomic mass is 10.0. The summed E-state index contributed by atoms with van der Waals surface area (Å²) in [5.74, 6) is -2.08. The van der Waals surface area contributed by atoms with Gasteiger partial charge >= 0.3 is 0 Å². The third-order valence-corrected chi connectivity index (χ3v) is 4.87. The topological polar surface area (TPSA) is 49.4 Å². The average Bonchev–Trinajstić information content (AvgIpc) is 2.95. The van der Waals surface area contributed by atoms with Gasteiger partial charge in [0.05, 0.1) is 12.1 Å². The van der Waals surface area contributed by atoms with E-state index in [1.54, 1.807) is 18.2 Å². The predicted octanol–water partition coefficient (Wildman–Crippen LogP) is 4.67. The summed E-state index contributed by atoms with van der Waals surface area (Å²) in [6.45, 7) is 1.71. The number of benzene rings is 3. The fourth-order valence-corrected chi connectivity index (χ4v) is 3.38. The molecule has 6 heteroatoms. The number of carbonyl (C=O) groups is 2. The first-order valence-corrected chi connectivity index (χ1v) is 9.37. The van der Waals surface area contributed by atoms with E-state index < -0.39 is 23.4 Å². The van der Waals surface area contributed by atoms with Crippen molar-refractivity contribution >= 4 is 23.1 Å². The monoisotopic (exact) mass is 404 g/mol. The van der Waals surface area contributed by atoms with Crippen molar-refractivity contribution in [3.05, 3.63) is 107 Å². The van der Waals surface area contributed by atoms with E-state index >= 15 is 0 Å². The summed E-state index contributed by atoms with van der Waals surface area (Å²) in [4.78, 5) is 27.3. The number of rotatable bonds is 5. The molecule has 0 atom stereocenters. The number of imide groups is 1. The highest BCUT2D eigenvalue weighted by Gasteiger charge is 2.39. The number of nitrogens with zero attached hydrogens (tertiary/aromatic N) is 1. The molecule has 0 aromatic heterocycles. The molecule has 0 saturated carbocycles.